The Hall–Kier alpha value is -3.21. The van der Waals surface area contributed by atoms with E-state index in [1.807, 2.05) is 0 Å². The second-order valence-electron chi connectivity index (χ2n) is 6.17. The Bertz CT molecular complexity index is 1080. The molecule has 0 aliphatic carbocycles. The maximum absolute atomic E-state index is 12.8. The molecule has 5 nitrogen and oxygen atoms in total. The molecule has 0 saturated carbocycles. The highest BCUT2D eigenvalue weighted by atomic mass is 35.5. The van der Waals surface area contributed by atoms with Gasteiger partial charge in [-0.3, -0.25) is 9.36 Å². The predicted octanol–water partition coefficient (Wildman–Crippen LogP) is 5.37. The van der Waals surface area contributed by atoms with Crippen LogP contribution in [0.1, 0.15) is 21.6 Å². The van der Waals surface area contributed by atoms with Gasteiger partial charge in [0.2, 0.25) is 0 Å². The van der Waals surface area contributed by atoms with Crippen molar-refractivity contribution in [3.05, 3.63) is 76.7 Å². The molecule has 0 atom stereocenters. The molecule has 0 spiro atoms. The normalized spacial score (nSPS) is 12.0. The third kappa shape index (κ3) is 5.69. The van der Waals surface area contributed by atoms with Crippen LogP contribution in [0.5, 0.6) is 5.75 Å². The summed E-state index contributed by atoms with van der Waals surface area (Å²) in [4.78, 5) is 16.2. The molecule has 0 bridgehead atoms. The van der Waals surface area contributed by atoms with Gasteiger partial charge in [-0.2, -0.15) is 13.2 Å². The first-order valence-corrected chi connectivity index (χ1v) is 8.85. The molecule has 0 radical (unpaired) electrons. The van der Waals surface area contributed by atoms with Gasteiger partial charge in [-0.15, -0.1) is 13.2 Å². The van der Waals surface area contributed by atoms with E-state index in [-0.39, 0.29) is 23.1 Å². The summed E-state index contributed by atoms with van der Waals surface area (Å²) in [7, 11) is 0. The average molecular weight is 464 g/mol. The van der Waals surface area contributed by atoms with E-state index in [0.717, 1.165) is 12.1 Å². The zero-order valence-corrected chi connectivity index (χ0v) is 16.0. The second-order valence-corrected chi connectivity index (χ2v) is 6.57. The summed E-state index contributed by atoms with van der Waals surface area (Å²) in [5.74, 6) is -1.07. The smallest absolute Gasteiger partial charge is 0.406 e. The lowest BCUT2D eigenvalue weighted by molar-refractivity contribution is -0.274. The molecule has 0 aliphatic heterocycles. The summed E-state index contributed by atoms with van der Waals surface area (Å²) in [6, 6.07) is 8.48. The monoisotopic (exact) mass is 463 g/mol. The van der Waals surface area contributed by atoms with Gasteiger partial charge in [-0.05, 0) is 35.9 Å². The zero-order valence-electron chi connectivity index (χ0n) is 15.3. The van der Waals surface area contributed by atoms with E-state index in [1.165, 1.54) is 35.0 Å². The third-order valence-corrected chi connectivity index (χ3v) is 4.25. The molecular formula is C19H12ClF6N3O2. The molecular weight excluding hydrogens is 452 g/mol. The van der Waals surface area contributed by atoms with Crippen LogP contribution in [-0.2, 0) is 12.7 Å². The number of carbonyl (C=O) groups excluding carboxylic acids is 1. The number of amides is 1. The number of rotatable bonds is 5. The molecule has 164 valence electrons. The van der Waals surface area contributed by atoms with Crippen molar-refractivity contribution in [3.8, 4) is 11.6 Å². The van der Waals surface area contributed by atoms with Gasteiger partial charge in [0.1, 0.15) is 11.4 Å². The summed E-state index contributed by atoms with van der Waals surface area (Å²) in [6.07, 6.45) is -7.42. The Morgan fingerprint density at radius 2 is 1.77 bits per heavy atom. The van der Waals surface area contributed by atoms with Crippen molar-refractivity contribution in [2.24, 2.45) is 0 Å². The molecule has 2 aromatic heterocycles. The highest BCUT2D eigenvalue weighted by Gasteiger charge is 2.32. The Labute approximate surface area is 176 Å². The van der Waals surface area contributed by atoms with Crippen molar-refractivity contribution in [3.63, 3.8) is 0 Å². The number of alkyl halides is 6. The molecule has 3 rings (SSSR count). The van der Waals surface area contributed by atoms with Crippen LogP contribution >= 0.6 is 11.6 Å². The van der Waals surface area contributed by atoms with Crippen LogP contribution in [0.15, 0.2) is 54.9 Å². The lowest BCUT2D eigenvalue weighted by Crippen LogP contribution is -2.25. The Morgan fingerprint density at radius 1 is 1.10 bits per heavy atom. The van der Waals surface area contributed by atoms with Crippen LogP contribution in [0, 0.1) is 0 Å². The van der Waals surface area contributed by atoms with Crippen LogP contribution in [-0.4, -0.2) is 21.8 Å². The maximum Gasteiger partial charge on any atom is 0.573 e. The summed E-state index contributed by atoms with van der Waals surface area (Å²) in [5, 5.41) is 2.26. The quantitative estimate of drug-likeness (QED) is 0.517. The lowest BCUT2D eigenvalue weighted by Gasteiger charge is -2.13. The number of benzene rings is 1. The molecule has 2 heterocycles. The number of hydrogen-bond acceptors (Lipinski definition) is 3. The zero-order chi connectivity index (χ0) is 22.8. The van der Waals surface area contributed by atoms with Gasteiger partial charge in [-0.25, -0.2) is 4.98 Å². The van der Waals surface area contributed by atoms with Gasteiger partial charge >= 0.3 is 12.5 Å². The van der Waals surface area contributed by atoms with Gasteiger partial charge < -0.3 is 10.1 Å². The fourth-order valence-electron chi connectivity index (χ4n) is 2.60. The van der Waals surface area contributed by atoms with E-state index < -0.39 is 29.8 Å². The maximum atomic E-state index is 12.8. The van der Waals surface area contributed by atoms with E-state index in [2.05, 4.69) is 15.0 Å². The van der Waals surface area contributed by atoms with Gasteiger partial charge in [-0.1, -0.05) is 23.7 Å². The largest absolute Gasteiger partial charge is 0.573 e. The Kier molecular flexibility index (Phi) is 6.16. The van der Waals surface area contributed by atoms with E-state index in [0.29, 0.717) is 17.8 Å². The molecule has 1 amide bonds. The van der Waals surface area contributed by atoms with Crippen molar-refractivity contribution in [1.29, 1.82) is 0 Å². The van der Waals surface area contributed by atoms with Crippen molar-refractivity contribution < 1.29 is 35.9 Å². The first-order valence-electron chi connectivity index (χ1n) is 8.47. The standard InChI is InChI=1S/C19H12ClF6N3O2/c20-14-8-12(18(21,22)23)10-27-16(14)29-7-1-2-15(29)17(30)28-9-11-3-5-13(6-4-11)31-19(24,25)26/h1-8,10H,9H2,(H,28,30). The molecule has 0 saturated heterocycles. The van der Waals surface area contributed by atoms with E-state index in [4.69, 9.17) is 11.6 Å². The predicted molar refractivity (Wildman–Crippen MR) is 97.9 cm³/mol. The van der Waals surface area contributed by atoms with Crippen LogP contribution in [0.3, 0.4) is 0 Å². The minimum absolute atomic E-state index is 0.0233. The molecule has 0 fully saturated rings. The molecule has 3 aromatic rings. The summed E-state index contributed by atoms with van der Waals surface area (Å²) >= 11 is 5.93. The highest BCUT2D eigenvalue weighted by molar-refractivity contribution is 6.32. The lowest BCUT2D eigenvalue weighted by atomic mass is 10.2. The van der Waals surface area contributed by atoms with E-state index >= 15 is 0 Å². The molecule has 0 unspecified atom stereocenters. The number of carbonyl (C=O) groups is 1. The molecule has 1 aromatic carbocycles. The molecule has 31 heavy (non-hydrogen) atoms. The third-order valence-electron chi connectivity index (χ3n) is 3.97. The van der Waals surface area contributed by atoms with Crippen molar-refractivity contribution in [1.82, 2.24) is 14.9 Å². The molecule has 12 heteroatoms. The van der Waals surface area contributed by atoms with Gasteiger partial charge in [0.05, 0.1) is 10.6 Å². The minimum Gasteiger partial charge on any atom is -0.406 e. The van der Waals surface area contributed by atoms with E-state index in [9.17, 15) is 31.1 Å². The van der Waals surface area contributed by atoms with Crippen molar-refractivity contribution >= 4 is 17.5 Å². The average Bonchev–Trinajstić information content (AvgIpc) is 3.15. The molecule has 1 N–H and O–H groups in total. The number of aromatic nitrogens is 2. The number of ether oxygens (including phenoxy) is 1. The van der Waals surface area contributed by atoms with E-state index in [1.54, 1.807) is 0 Å². The minimum atomic E-state index is -4.81. The first kappa shape index (κ1) is 22.5. The number of pyridine rings is 1. The van der Waals surface area contributed by atoms with Crippen molar-refractivity contribution in [2.45, 2.75) is 19.1 Å². The summed E-state index contributed by atoms with van der Waals surface area (Å²) < 4.78 is 79.9. The molecule has 0 aliphatic rings. The van der Waals surface area contributed by atoms with Gasteiger partial charge in [0.15, 0.2) is 5.82 Å². The van der Waals surface area contributed by atoms with Gasteiger partial charge in [0.25, 0.3) is 5.91 Å². The Morgan fingerprint density at radius 3 is 2.35 bits per heavy atom. The Balaban J connectivity index is 1.72. The van der Waals surface area contributed by atoms with Crippen LogP contribution in [0.25, 0.3) is 5.82 Å². The summed E-state index contributed by atoms with van der Waals surface area (Å²) in [5.41, 5.74) is -0.491. The summed E-state index contributed by atoms with van der Waals surface area (Å²) in [6.45, 7) is -0.0233. The fourth-order valence-corrected chi connectivity index (χ4v) is 2.85. The fraction of sp³-hybridized carbons (Fsp3) is 0.158. The second kappa shape index (κ2) is 8.50. The van der Waals surface area contributed by atoms with Crippen molar-refractivity contribution in [2.75, 3.05) is 0 Å². The highest BCUT2D eigenvalue weighted by Crippen LogP contribution is 2.32. The topological polar surface area (TPSA) is 56.1 Å². The number of nitrogens with zero attached hydrogens (tertiary/aromatic N) is 2. The number of hydrogen-bond donors (Lipinski definition) is 1. The number of halogens is 7. The van der Waals surface area contributed by atoms with Crippen LogP contribution < -0.4 is 10.1 Å². The van der Waals surface area contributed by atoms with Crippen LogP contribution in [0.4, 0.5) is 26.3 Å². The van der Waals surface area contributed by atoms with Crippen LogP contribution in [0.2, 0.25) is 5.02 Å². The van der Waals surface area contributed by atoms with Gasteiger partial charge in [0, 0.05) is 18.9 Å². The SMILES string of the molecule is O=C(NCc1ccc(OC(F)(F)F)cc1)c1cccn1-c1ncc(C(F)(F)F)cc1Cl. The number of nitrogens with one attached hydrogen (secondary N) is 1. The first-order chi connectivity index (χ1) is 14.4.